The van der Waals surface area contributed by atoms with Crippen LogP contribution in [0, 0.1) is 11.6 Å². The largest absolute Gasteiger partial charge is 0.391 e. The Bertz CT molecular complexity index is 711. The van der Waals surface area contributed by atoms with Crippen molar-refractivity contribution in [1.82, 2.24) is 9.21 Å². The number of sulfonamides is 1. The third-order valence-electron chi connectivity index (χ3n) is 3.85. The second-order valence-electron chi connectivity index (χ2n) is 5.64. The molecule has 0 unspecified atom stereocenters. The fourth-order valence-electron chi connectivity index (χ4n) is 2.52. The third kappa shape index (κ3) is 4.04. The van der Waals surface area contributed by atoms with Gasteiger partial charge in [-0.25, -0.2) is 17.2 Å². The van der Waals surface area contributed by atoms with Gasteiger partial charge in [0.15, 0.2) is 11.6 Å². The number of hydrogen-bond acceptors (Lipinski definition) is 4. The summed E-state index contributed by atoms with van der Waals surface area (Å²) in [6.07, 6.45) is 0.353. The lowest BCUT2D eigenvalue weighted by Gasteiger charge is -2.26. The maximum atomic E-state index is 13.4. The van der Waals surface area contributed by atoms with Crippen LogP contribution >= 0.6 is 0 Å². The highest BCUT2D eigenvalue weighted by Crippen LogP contribution is 2.33. The topological polar surface area (TPSA) is 77.9 Å². The lowest BCUT2D eigenvalue weighted by atomic mass is 10.0. The SMILES string of the molecule is CN(CC(=O)N1C[C@@H](O)C[C@H]1c1ccc(F)c(F)c1)S(C)(=O)=O. The summed E-state index contributed by atoms with van der Waals surface area (Å²) >= 11 is 0. The fraction of sp³-hybridized carbons (Fsp3) is 0.500. The van der Waals surface area contributed by atoms with Crippen molar-refractivity contribution in [3.63, 3.8) is 0 Å². The van der Waals surface area contributed by atoms with Gasteiger partial charge in [-0.15, -0.1) is 0 Å². The number of carbonyl (C=O) groups is 1. The van der Waals surface area contributed by atoms with Crippen molar-refractivity contribution in [2.45, 2.75) is 18.6 Å². The van der Waals surface area contributed by atoms with Crippen molar-refractivity contribution < 1.29 is 27.1 Å². The minimum absolute atomic E-state index is 0.0140. The quantitative estimate of drug-likeness (QED) is 0.859. The number of carbonyl (C=O) groups excluding carboxylic acids is 1. The Morgan fingerprint density at radius 2 is 2.04 bits per heavy atom. The molecule has 1 fully saturated rings. The number of β-amino-alcohol motifs (C(OH)–C–C–N with tert-alkyl or cyclic N) is 1. The number of aliphatic hydroxyl groups excluding tert-OH is 1. The Morgan fingerprint density at radius 1 is 1.39 bits per heavy atom. The van der Waals surface area contributed by atoms with Gasteiger partial charge in [-0.3, -0.25) is 4.79 Å². The zero-order valence-electron chi connectivity index (χ0n) is 12.7. The smallest absolute Gasteiger partial charge is 0.238 e. The number of halogens is 2. The van der Waals surface area contributed by atoms with E-state index in [0.717, 1.165) is 22.7 Å². The monoisotopic (exact) mass is 348 g/mol. The van der Waals surface area contributed by atoms with Gasteiger partial charge in [-0.2, -0.15) is 4.31 Å². The summed E-state index contributed by atoms with van der Waals surface area (Å²) < 4.78 is 50.1. The third-order valence-corrected chi connectivity index (χ3v) is 5.11. The Hall–Kier alpha value is -1.58. The number of rotatable bonds is 4. The summed E-state index contributed by atoms with van der Waals surface area (Å²) in [5, 5.41) is 9.80. The maximum absolute atomic E-state index is 13.4. The predicted octanol–water partition coefficient (Wildman–Crippen LogP) is 0.490. The molecule has 0 aromatic heterocycles. The number of hydrogen-bond donors (Lipinski definition) is 1. The van der Waals surface area contributed by atoms with Gasteiger partial charge < -0.3 is 10.0 Å². The van der Waals surface area contributed by atoms with Crippen LogP contribution in [0.15, 0.2) is 18.2 Å². The second kappa shape index (κ2) is 6.50. The summed E-state index contributed by atoms with van der Waals surface area (Å²) in [7, 11) is -2.25. The first-order valence-electron chi connectivity index (χ1n) is 6.93. The molecule has 0 saturated carbocycles. The zero-order chi connectivity index (χ0) is 17.4. The molecule has 0 bridgehead atoms. The fourth-order valence-corrected chi connectivity index (χ4v) is 2.87. The molecule has 9 heteroatoms. The molecule has 1 N–H and O–H groups in total. The lowest BCUT2D eigenvalue weighted by molar-refractivity contribution is -0.132. The molecule has 1 aromatic rings. The summed E-state index contributed by atoms with van der Waals surface area (Å²) in [6, 6.07) is 2.67. The summed E-state index contributed by atoms with van der Waals surface area (Å²) in [4.78, 5) is 13.6. The first-order valence-corrected chi connectivity index (χ1v) is 8.78. The van der Waals surface area contributed by atoms with Crippen molar-refractivity contribution in [1.29, 1.82) is 0 Å². The molecule has 6 nitrogen and oxygen atoms in total. The molecule has 1 heterocycles. The van der Waals surface area contributed by atoms with Gasteiger partial charge in [0.05, 0.1) is 24.9 Å². The van der Waals surface area contributed by atoms with E-state index in [4.69, 9.17) is 0 Å². The van der Waals surface area contributed by atoms with Crippen molar-refractivity contribution in [2.24, 2.45) is 0 Å². The van der Waals surface area contributed by atoms with E-state index in [-0.39, 0.29) is 19.5 Å². The number of aliphatic hydroxyl groups is 1. The molecular weight excluding hydrogens is 330 g/mol. The van der Waals surface area contributed by atoms with Gasteiger partial charge >= 0.3 is 0 Å². The van der Waals surface area contributed by atoms with E-state index >= 15 is 0 Å². The maximum Gasteiger partial charge on any atom is 0.238 e. The number of nitrogens with zero attached hydrogens (tertiary/aromatic N) is 2. The van der Waals surface area contributed by atoms with Crippen LogP contribution in [0.4, 0.5) is 8.78 Å². The molecule has 1 saturated heterocycles. The van der Waals surface area contributed by atoms with E-state index in [2.05, 4.69) is 0 Å². The zero-order valence-corrected chi connectivity index (χ0v) is 13.6. The Kier molecular flexibility index (Phi) is 5.02. The van der Waals surface area contributed by atoms with Crippen LogP contribution in [0.1, 0.15) is 18.0 Å². The molecule has 128 valence electrons. The predicted molar refractivity (Wildman–Crippen MR) is 78.9 cm³/mol. The average Bonchev–Trinajstić information content (AvgIpc) is 2.83. The number of benzene rings is 1. The van der Waals surface area contributed by atoms with Crippen LogP contribution in [-0.4, -0.2) is 61.1 Å². The van der Waals surface area contributed by atoms with Gasteiger partial charge in [0.2, 0.25) is 15.9 Å². The molecule has 1 amide bonds. The summed E-state index contributed by atoms with van der Waals surface area (Å²) in [6.45, 7) is -0.369. The molecule has 2 atom stereocenters. The van der Waals surface area contributed by atoms with Gasteiger partial charge in [-0.05, 0) is 24.1 Å². The molecule has 0 spiro atoms. The van der Waals surface area contributed by atoms with E-state index in [1.807, 2.05) is 0 Å². The van der Waals surface area contributed by atoms with Crippen LogP contribution in [0.5, 0.6) is 0 Å². The minimum Gasteiger partial charge on any atom is -0.391 e. The number of likely N-dealkylation sites (N-methyl/N-ethyl adjacent to an activating group) is 1. The first-order chi connectivity index (χ1) is 10.6. The molecule has 1 aliphatic heterocycles. The number of likely N-dealkylation sites (tertiary alicyclic amines) is 1. The molecule has 1 aromatic carbocycles. The van der Waals surface area contributed by atoms with E-state index in [1.54, 1.807) is 0 Å². The highest BCUT2D eigenvalue weighted by Gasteiger charge is 2.36. The second-order valence-corrected chi connectivity index (χ2v) is 7.73. The van der Waals surface area contributed by atoms with Crippen molar-refractivity contribution in [3.8, 4) is 0 Å². The molecule has 2 rings (SSSR count). The van der Waals surface area contributed by atoms with Crippen LogP contribution in [-0.2, 0) is 14.8 Å². The summed E-state index contributed by atoms with van der Waals surface area (Å²) in [5.41, 5.74) is 0.357. The van der Waals surface area contributed by atoms with Gasteiger partial charge in [0.1, 0.15) is 0 Å². The lowest BCUT2D eigenvalue weighted by Crippen LogP contribution is -2.41. The molecular formula is C14H18F2N2O4S. The van der Waals surface area contributed by atoms with E-state index in [9.17, 15) is 27.1 Å². The highest BCUT2D eigenvalue weighted by molar-refractivity contribution is 7.88. The van der Waals surface area contributed by atoms with Crippen LogP contribution in [0.25, 0.3) is 0 Å². The van der Waals surface area contributed by atoms with E-state index < -0.39 is 39.7 Å². The van der Waals surface area contributed by atoms with Crippen molar-refractivity contribution in [2.75, 3.05) is 26.4 Å². The van der Waals surface area contributed by atoms with Crippen LogP contribution in [0.3, 0.4) is 0 Å². The average molecular weight is 348 g/mol. The molecule has 23 heavy (non-hydrogen) atoms. The number of amides is 1. The van der Waals surface area contributed by atoms with E-state index in [1.165, 1.54) is 18.0 Å². The van der Waals surface area contributed by atoms with Gasteiger partial charge in [-0.1, -0.05) is 6.07 Å². The minimum atomic E-state index is -3.52. The van der Waals surface area contributed by atoms with Crippen molar-refractivity contribution in [3.05, 3.63) is 35.4 Å². The standard InChI is InChI=1S/C14H18F2N2O4S/c1-17(23(2,21)22)8-14(20)18-7-10(19)6-13(18)9-3-4-11(15)12(16)5-9/h3-5,10,13,19H,6-8H2,1-2H3/t10-,13-/m0/s1. The highest BCUT2D eigenvalue weighted by atomic mass is 32.2. The van der Waals surface area contributed by atoms with Gasteiger partial charge in [0, 0.05) is 13.6 Å². The molecule has 0 radical (unpaired) electrons. The van der Waals surface area contributed by atoms with Crippen LogP contribution < -0.4 is 0 Å². The Morgan fingerprint density at radius 3 is 2.61 bits per heavy atom. The van der Waals surface area contributed by atoms with Crippen molar-refractivity contribution >= 4 is 15.9 Å². The molecule has 0 aliphatic carbocycles. The van der Waals surface area contributed by atoms with E-state index in [0.29, 0.717) is 5.56 Å². The Labute approximate surface area is 133 Å². The van der Waals surface area contributed by atoms with Crippen LogP contribution in [0.2, 0.25) is 0 Å². The Balaban J connectivity index is 2.22. The van der Waals surface area contributed by atoms with Gasteiger partial charge in [0.25, 0.3) is 0 Å². The first kappa shape index (κ1) is 17.8. The molecule has 1 aliphatic rings. The normalized spacial score (nSPS) is 21.9. The summed E-state index contributed by atoms with van der Waals surface area (Å²) in [5.74, 6) is -2.55.